The highest BCUT2D eigenvalue weighted by Crippen LogP contribution is 2.40. The minimum Gasteiger partial charge on any atom is -0.465 e. The number of nitrogens with zero attached hydrogens (tertiary/aromatic N) is 3. The van der Waals surface area contributed by atoms with Gasteiger partial charge in [0.2, 0.25) is 0 Å². The summed E-state index contributed by atoms with van der Waals surface area (Å²) in [5.74, 6) is -0.419. The first-order valence-corrected chi connectivity index (χ1v) is 10.4. The number of hydrogen-bond donors (Lipinski definition) is 2. The monoisotopic (exact) mass is 486 g/mol. The maximum Gasteiger partial charge on any atom is 0.416 e. The van der Waals surface area contributed by atoms with E-state index < -0.39 is 35.7 Å². The van der Waals surface area contributed by atoms with E-state index in [9.17, 15) is 27.6 Å². The van der Waals surface area contributed by atoms with Gasteiger partial charge >= 0.3 is 18.3 Å². The molecule has 0 aromatic heterocycles. The molecule has 3 rings (SSSR count). The van der Waals surface area contributed by atoms with Crippen LogP contribution in [-0.4, -0.2) is 41.0 Å². The summed E-state index contributed by atoms with van der Waals surface area (Å²) >= 11 is 0. The maximum absolute atomic E-state index is 13.6. The summed E-state index contributed by atoms with van der Waals surface area (Å²) in [6.45, 7) is 2.39. The number of nitriles is 1. The quantitative estimate of drug-likeness (QED) is 0.615. The third-order valence-electron chi connectivity index (χ3n) is 5.54. The van der Waals surface area contributed by atoms with Crippen molar-refractivity contribution in [2.45, 2.75) is 26.1 Å². The van der Waals surface area contributed by atoms with Crippen LogP contribution in [0.15, 0.2) is 59.8 Å². The lowest BCUT2D eigenvalue weighted by atomic mass is 9.90. The first-order valence-electron chi connectivity index (χ1n) is 10.4. The van der Waals surface area contributed by atoms with Crippen molar-refractivity contribution >= 4 is 23.6 Å². The molecule has 0 spiro atoms. The number of carbonyl (C=O) groups excluding carboxylic acids is 2. The van der Waals surface area contributed by atoms with E-state index in [1.165, 1.54) is 36.9 Å². The lowest BCUT2D eigenvalue weighted by Gasteiger charge is -2.43. The van der Waals surface area contributed by atoms with E-state index in [0.29, 0.717) is 11.1 Å². The number of alkyl halides is 3. The summed E-state index contributed by atoms with van der Waals surface area (Å²) in [7, 11) is 0. The Balaban J connectivity index is 2.19. The standard InChI is InChI=1S/C24H21F3N4O4/c1-14-20(15(2)32)21(17-8-6-16(13-28)7-9-17)30(11-10-29-22(33)34)23(35)31(14)19-5-3-4-18(12-19)24(25,26)27/h3-9,12,21,29H,10-11H2,1-2H3,(H,33,34). The normalized spacial score (nSPS) is 16.2. The van der Waals surface area contributed by atoms with E-state index in [-0.39, 0.29) is 30.0 Å². The average Bonchev–Trinajstić information content (AvgIpc) is 2.79. The Kier molecular flexibility index (Phi) is 7.14. The van der Waals surface area contributed by atoms with Crippen LogP contribution < -0.4 is 10.2 Å². The molecule has 1 aliphatic rings. The molecule has 3 amide bonds. The molecule has 182 valence electrons. The van der Waals surface area contributed by atoms with E-state index in [1.54, 1.807) is 12.1 Å². The van der Waals surface area contributed by atoms with Crippen LogP contribution in [0.5, 0.6) is 0 Å². The van der Waals surface area contributed by atoms with E-state index in [4.69, 9.17) is 10.4 Å². The zero-order chi connectivity index (χ0) is 25.9. The fraction of sp³-hybridized carbons (Fsp3) is 0.250. The van der Waals surface area contributed by atoms with Crippen LogP contribution in [0.4, 0.5) is 28.4 Å². The largest absolute Gasteiger partial charge is 0.465 e. The zero-order valence-electron chi connectivity index (χ0n) is 18.8. The van der Waals surface area contributed by atoms with Gasteiger partial charge in [-0.25, -0.2) is 9.59 Å². The molecule has 2 aromatic rings. The fourth-order valence-electron chi connectivity index (χ4n) is 4.02. The van der Waals surface area contributed by atoms with Gasteiger partial charge in [0.15, 0.2) is 5.78 Å². The number of ketones is 1. The molecule has 1 atom stereocenters. The fourth-order valence-corrected chi connectivity index (χ4v) is 4.02. The van der Waals surface area contributed by atoms with Gasteiger partial charge in [0.25, 0.3) is 0 Å². The molecule has 35 heavy (non-hydrogen) atoms. The van der Waals surface area contributed by atoms with Gasteiger partial charge in [-0.05, 0) is 49.7 Å². The Bertz CT molecular complexity index is 1230. The third-order valence-corrected chi connectivity index (χ3v) is 5.54. The second-order valence-corrected chi connectivity index (χ2v) is 7.78. The summed E-state index contributed by atoms with van der Waals surface area (Å²) < 4.78 is 40.0. The molecule has 8 nitrogen and oxygen atoms in total. The number of hydrogen-bond acceptors (Lipinski definition) is 4. The molecule has 1 unspecified atom stereocenters. The molecular formula is C24H21F3N4O4. The van der Waals surface area contributed by atoms with Gasteiger partial charge in [0.05, 0.1) is 28.9 Å². The Labute approximate surface area is 198 Å². The van der Waals surface area contributed by atoms with Crippen molar-refractivity contribution in [1.82, 2.24) is 10.2 Å². The van der Waals surface area contributed by atoms with E-state index in [1.807, 2.05) is 6.07 Å². The van der Waals surface area contributed by atoms with E-state index >= 15 is 0 Å². The highest BCUT2D eigenvalue weighted by Gasteiger charge is 2.41. The second kappa shape index (κ2) is 9.89. The SMILES string of the molecule is CC(=O)C1=C(C)N(c2cccc(C(F)(F)F)c2)C(=O)N(CCNC(=O)O)C1c1ccc(C#N)cc1. The number of allylic oxidation sites excluding steroid dienone is 1. The molecule has 0 fully saturated rings. The summed E-state index contributed by atoms with van der Waals surface area (Å²) in [6, 6.07) is 10.7. The van der Waals surface area contributed by atoms with Gasteiger partial charge < -0.3 is 15.3 Å². The second-order valence-electron chi connectivity index (χ2n) is 7.78. The smallest absolute Gasteiger partial charge is 0.416 e. The van der Waals surface area contributed by atoms with Crippen molar-refractivity contribution in [1.29, 1.82) is 5.26 Å². The summed E-state index contributed by atoms with van der Waals surface area (Å²) in [5.41, 5.74) is 0.0936. The van der Waals surface area contributed by atoms with Crippen LogP contribution in [0.25, 0.3) is 0 Å². The molecule has 11 heteroatoms. The van der Waals surface area contributed by atoms with Crippen molar-refractivity contribution in [3.8, 4) is 6.07 Å². The number of anilines is 1. The number of halogens is 3. The van der Waals surface area contributed by atoms with Crippen molar-refractivity contribution < 1.29 is 32.7 Å². The molecule has 0 radical (unpaired) electrons. The molecule has 0 saturated carbocycles. The third kappa shape index (κ3) is 5.27. The van der Waals surface area contributed by atoms with Gasteiger partial charge in [0, 0.05) is 24.4 Å². The summed E-state index contributed by atoms with van der Waals surface area (Å²) in [6.07, 6.45) is -5.97. The first-order chi connectivity index (χ1) is 16.5. The molecule has 0 bridgehead atoms. The van der Waals surface area contributed by atoms with Crippen LogP contribution >= 0.6 is 0 Å². The Morgan fingerprint density at radius 1 is 1.17 bits per heavy atom. The van der Waals surface area contributed by atoms with Crippen LogP contribution in [0, 0.1) is 11.3 Å². The van der Waals surface area contributed by atoms with E-state index in [2.05, 4.69) is 5.32 Å². The zero-order valence-corrected chi connectivity index (χ0v) is 18.8. The first kappa shape index (κ1) is 25.3. The number of benzene rings is 2. The molecule has 0 saturated heterocycles. The van der Waals surface area contributed by atoms with Gasteiger partial charge in [-0.2, -0.15) is 18.4 Å². The van der Waals surface area contributed by atoms with Crippen LogP contribution in [0.1, 0.15) is 36.6 Å². The molecule has 0 aliphatic carbocycles. The molecule has 1 heterocycles. The van der Waals surface area contributed by atoms with Crippen molar-refractivity contribution in [2.24, 2.45) is 0 Å². The number of rotatable bonds is 6. The number of amides is 3. The molecular weight excluding hydrogens is 465 g/mol. The predicted octanol–water partition coefficient (Wildman–Crippen LogP) is 4.69. The average molecular weight is 486 g/mol. The number of carbonyl (C=O) groups is 3. The Hall–Kier alpha value is -4.33. The Morgan fingerprint density at radius 2 is 1.83 bits per heavy atom. The molecule has 1 aliphatic heterocycles. The molecule has 2 N–H and O–H groups in total. The number of urea groups is 1. The van der Waals surface area contributed by atoms with Gasteiger partial charge in [0.1, 0.15) is 0 Å². The maximum atomic E-state index is 13.6. The molecule has 2 aromatic carbocycles. The number of carboxylic acid groups (broad SMARTS) is 1. The minimum absolute atomic E-state index is 0.0875. The predicted molar refractivity (Wildman–Crippen MR) is 119 cm³/mol. The van der Waals surface area contributed by atoms with Gasteiger partial charge in [-0.3, -0.25) is 9.69 Å². The van der Waals surface area contributed by atoms with E-state index in [0.717, 1.165) is 23.1 Å². The van der Waals surface area contributed by atoms with Crippen LogP contribution in [0.3, 0.4) is 0 Å². The minimum atomic E-state index is -4.65. The highest BCUT2D eigenvalue weighted by molar-refractivity contribution is 6.04. The summed E-state index contributed by atoms with van der Waals surface area (Å²) in [4.78, 5) is 39.6. The van der Waals surface area contributed by atoms with Crippen molar-refractivity contribution in [2.75, 3.05) is 18.0 Å². The summed E-state index contributed by atoms with van der Waals surface area (Å²) in [5, 5.41) is 20.2. The number of nitrogens with one attached hydrogen (secondary N) is 1. The Morgan fingerprint density at radius 3 is 2.37 bits per heavy atom. The topological polar surface area (TPSA) is 114 Å². The lowest BCUT2D eigenvalue weighted by molar-refractivity contribution is -0.137. The van der Waals surface area contributed by atoms with Gasteiger partial charge in [-0.15, -0.1) is 0 Å². The van der Waals surface area contributed by atoms with Crippen LogP contribution in [0.2, 0.25) is 0 Å². The van der Waals surface area contributed by atoms with Gasteiger partial charge in [-0.1, -0.05) is 18.2 Å². The van der Waals surface area contributed by atoms with Crippen molar-refractivity contribution in [3.63, 3.8) is 0 Å². The highest BCUT2D eigenvalue weighted by atomic mass is 19.4. The van der Waals surface area contributed by atoms with Crippen LogP contribution in [-0.2, 0) is 11.0 Å². The lowest BCUT2D eigenvalue weighted by Crippen LogP contribution is -2.52. The number of Topliss-reactive ketones (excluding diaryl/α,β-unsaturated/α-hetero) is 1. The van der Waals surface area contributed by atoms with Crippen molar-refractivity contribution in [3.05, 3.63) is 76.5 Å².